The second-order valence-corrected chi connectivity index (χ2v) is 11.5. The summed E-state index contributed by atoms with van der Waals surface area (Å²) in [5, 5.41) is 0. The van der Waals surface area contributed by atoms with E-state index in [-0.39, 0.29) is 12.2 Å². The van der Waals surface area contributed by atoms with Gasteiger partial charge in [0.15, 0.2) is 0 Å². The zero-order valence-electron chi connectivity index (χ0n) is 21.2. The second kappa shape index (κ2) is 15.3. The van der Waals surface area contributed by atoms with Crippen molar-refractivity contribution in [1.82, 2.24) is 19.9 Å². The smallest absolute Gasteiger partial charge is 0.0921 e. The number of rotatable bonds is 16. The van der Waals surface area contributed by atoms with Crippen molar-refractivity contribution in [2.75, 3.05) is 0 Å². The minimum atomic E-state index is 0.221. The lowest BCUT2D eigenvalue weighted by atomic mass is 10.00. The zero-order valence-corrected chi connectivity index (χ0v) is 24.4. The average Bonchev–Trinajstić information content (AvgIpc) is 3.62. The molecule has 4 rings (SSSR count). The molecule has 0 aliphatic rings. The molecule has 7 heteroatoms. The van der Waals surface area contributed by atoms with Gasteiger partial charge in [0.25, 0.3) is 0 Å². The molecule has 0 fully saturated rings. The van der Waals surface area contributed by atoms with Crippen LogP contribution in [0.1, 0.15) is 61.0 Å². The molecule has 2 aromatic carbocycles. The monoisotopic (exact) mass is 626 g/mol. The first kappa shape index (κ1) is 27.8. The first-order valence-corrected chi connectivity index (χ1v) is 14.8. The lowest BCUT2D eigenvalue weighted by Crippen LogP contribution is -2.24. The molecule has 0 spiro atoms. The normalized spacial score (nSPS) is 13.0. The number of halogens is 2. The fraction of sp³-hybridized carbons (Fsp3) is 0.400. The number of hydrogen-bond acceptors (Lipinski definition) is 3. The number of nitrogens with zero attached hydrogens (tertiary/aromatic N) is 2. The second-order valence-electron chi connectivity index (χ2n) is 9.65. The standard InChI is InChI=1S/C30H36Br2N4O/c31-25-11-7-23(8-12-25)3-1-5-29(17-15-27-19-33-21-35-27)37-30(18-16-28-20-34-22-36-28)6-2-4-24-9-13-26(32)14-10-24/h7-14,19-22,29-30H,1-6,15-18H2,(H,33,35)(H,34,36). The molecular weight excluding hydrogens is 592 g/mol. The highest BCUT2D eigenvalue weighted by Crippen LogP contribution is 2.22. The van der Waals surface area contributed by atoms with Gasteiger partial charge in [0, 0.05) is 32.7 Å². The molecule has 0 saturated heterocycles. The third kappa shape index (κ3) is 10.2. The van der Waals surface area contributed by atoms with Crippen LogP contribution < -0.4 is 0 Å². The van der Waals surface area contributed by atoms with E-state index in [0.717, 1.165) is 73.2 Å². The van der Waals surface area contributed by atoms with E-state index in [4.69, 9.17) is 4.74 Å². The Hall–Kier alpha value is -2.22. The molecule has 0 saturated carbocycles. The van der Waals surface area contributed by atoms with Crippen molar-refractivity contribution in [3.05, 3.63) is 105 Å². The van der Waals surface area contributed by atoms with Crippen molar-refractivity contribution >= 4 is 31.9 Å². The van der Waals surface area contributed by atoms with Crippen LogP contribution in [-0.2, 0) is 30.4 Å². The average molecular weight is 628 g/mol. The SMILES string of the molecule is Brc1ccc(CCCC(CCc2cnc[nH]2)OC(CCCc2ccc(Br)cc2)CCc2cnc[nH]2)cc1. The Bertz CT molecular complexity index is 1040. The van der Waals surface area contributed by atoms with E-state index >= 15 is 0 Å². The third-order valence-corrected chi connectivity index (χ3v) is 7.83. The predicted molar refractivity (Wildman–Crippen MR) is 157 cm³/mol. The fourth-order valence-corrected chi connectivity index (χ4v) is 5.21. The van der Waals surface area contributed by atoms with Crippen LogP contribution >= 0.6 is 31.9 Å². The van der Waals surface area contributed by atoms with Crippen LogP contribution in [0.4, 0.5) is 0 Å². The van der Waals surface area contributed by atoms with E-state index in [1.54, 1.807) is 12.7 Å². The first-order chi connectivity index (χ1) is 18.1. The molecule has 5 nitrogen and oxygen atoms in total. The van der Waals surface area contributed by atoms with Gasteiger partial charge in [-0.1, -0.05) is 56.1 Å². The van der Waals surface area contributed by atoms with Gasteiger partial charge in [0.2, 0.25) is 0 Å². The highest BCUT2D eigenvalue weighted by Gasteiger charge is 2.18. The fourth-order valence-electron chi connectivity index (χ4n) is 4.68. The molecule has 37 heavy (non-hydrogen) atoms. The number of hydrogen-bond donors (Lipinski definition) is 2. The number of aromatic amines is 2. The molecule has 2 aromatic heterocycles. The Balaban J connectivity index is 1.35. The number of H-pyrrole nitrogens is 2. The van der Waals surface area contributed by atoms with Crippen LogP contribution in [0.2, 0.25) is 0 Å². The summed E-state index contributed by atoms with van der Waals surface area (Å²) in [6.45, 7) is 0. The number of benzene rings is 2. The lowest BCUT2D eigenvalue weighted by Gasteiger charge is -2.25. The maximum Gasteiger partial charge on any atom is 0.0921 e. The third-order valence-electron chi connectivity index (χ3n) is 6.78. The van der Waals surface area contributed by atoms with Gasteiger partial charge in [-0.15, -0.1) is 0 Å². The van der Waals surface area contributed by atoms with Gasteiger partial charge in [-0.2, -0.15) is 0 Å². The highest BCUT2D eigenvalue weighted by molar-refractivity contribution is 9.10. The van der Waals surface area contributed by atoms with Gasteiger partial charge in [0.05, 0.1) is 24.9 Å². The van der Waals surface area contributed by atoms with E-state index in [1.165, 1.54) is 22.5 Å². The largest absolute Gasteiger partial charge is 0.375 e. The Kier molecular flexibility index (Phi) is 11.5. The maximum atomic E-state index is 6.88. The summed E-state index contributed by atoms with van der Waals surface area (Å²) in [7, 11) is 0. The molecule has 0 bridgehead atoms. The molecule has 196 valence electrons. The maximum absolute atomic E-state index is 6.88. The summed E-state index contributed by atoms with van der Waals surface area (Å²) in [5.74, 6) is 0. The first-order valence-electron chi connectivity index (χ1n) is 13.2. The van der Waals surface area contributed by atoms with E-state index < -0.39 is 0 Å². The summed E-state index contributed by atoms with van der Waals surface area (Å²) < 4.78 is 9.13. The molecule has 0 radical (unpaired) electrons. The number of ether oxygens (including phenoxy) is 1. The van der Waals surface area contributed by atoms with Gasteiger partial charge in [-0.25, -0.2) is 9.97 Å². The van der Waals surface area contributed by atoms with Gasteiger partial charge < -0.3 is 14.7 Å². The van der Waals surface area contributed by atoms with E-state index in [2.05, 4.69) is 100 Å². The minimum absolute atomic E-state index is 0.221. The number of aryl methyl sites for hydroxylation is 4. The molecule has 2 unspecified atom stereocenters. The van der Waals surface area contributed by atoms with Crippen LogP contribution in [0.15, 0.2) is 82.5 Å². The van der Waals surface area contributed by atoms with Crippen molar-refractivity contribution in [2.45, 2.75) is 76.4 Å². The number of nitrogens with one attached hydrogen (secondary N) is 2. The molecule has 0 aliphatic carbocycles. The topological polar surface area (TPSA) is 66.6 Å². The summed E-state index contributed by atoms with van der Waals surface area (Å²) >= 11 is 7.07. The summed E-state index contributed by atoms with van der Waals surface area (Å²) in [6, 6.07) is 17.3. The van der Waals surface area contributed by atoms with Crippen molar-refractivity contribution in [3.8, 4) is 0 Å². The van der Waals surface area contributed by atoms with Gasteiger partial charge in [-0.05, 0) is 99.6 Å². The van der Waals surface area contributed by atoms with Crippen molar-refractivity contribution in [2.24, 2.45) is 0 Å². The van der Waals surface area contributed by atoms with E-state index in [0.29, 0.717) is 0 Å². The molecule has 2 N–H and O–H groups in total. The molecule has 0 aliphatic heterocycles. The summed E-state index contributed by atoms with van der Waals surface area (Å²) in [5.41, 5.74) is 5.10. The van der Waals surface area contributed by atoms with Crippen molar-refractivity contribution < 1.29 is 4.74 Å². The molecule has 0 amide bonds. The van der Waals surface area contributed by atoms with Crippen LogP contribution in [0.25, 0.3) is 0 Å². The minimum Gasteiger partial charge on any atom is -0.375 e. The summed E-state index contributed by atoms with van der Waals surface area (Å²) in [6.07, 6.45) is 18.2. The van der Waals surface area contributed by atoms with Crippen molar-refractivity contribution in [1.29, 1.82) is 0 Å². The van der Waals surface area contributed by atoms with E-state index in [1.807, 2.05) is 12.4 Å². The Labute approximate surface area is 237 Å². The van der Waals surface area contributed by atoms with Gasteiger partial charge >= 0.3 is 0 Å². The Morgan fingerprint density at radius 1 is 0.595 bits per heavy atom. The predicted octanol–water partition coefficient (Wildman–Crippen LogP) is 8.02. The van der Waals surface area contributed by atoms with Crippen molar-refractivity contribution in [3.63, 3.8) is 0 Å². The Morgan fingerprint density at radius 3 is 1.41 bits per heavy atom. The summed E-state index contributed by atoms with van der Waals surface area (Å²) in [4.78, 5) is 14.9. The van der Waals surface area contributed by atoms with Crippen LogP contribution in [0, 0.1) is 0 Å². The number of imidazole rings is 2. The highest BCUT2D eigenvalue weighted by atomic mass is 79.9. The van der Waals surface area contributed by atoms with Gasteiger partial charge in [0.1, 0.15) is 0 Å². The van der Waals surface area contributed by atoms with Crippen LogP contribution in [-0.4, -0.2) is 32.1 Å². The Morgan fingerprint density at radius 2 is 1.03 bits per heavy atom. The zero-order chi connectivity index (χ0) is 25.7. The molecule has 4 aromatic rings. The molecule has 2 heterocycles. The van der Waals surface area contributed by atoms with Crippen LogP contribution in [0.3, 0.4) is 0 Å². The molecular formula is C30H36Br2N4O. The molecule has 2 atom stereocenters. The van der Waals surface area contributed by atoms with E-state index in [9.17, 15) is 0 Å². The van der Waals surface area contributed by atoms with Crippen LogP contribution in [0.5, 0.6) is 0 Å². The number of aromatic nitrogens is 4. The quantitative estimate of drug-likeness (QED) is 0.132. The van der Waals surface area contributed by atoms with Gasteiger partial charge in [-0.3, -0.25) is 0 Å². The lowest BCUT2D eigenvalue weighted by molar-refractivity contribution is -0.0295.